The van der Waals surface area contributed by atoms with E-state index < -0.39 is 0 Å². The second-order valence-electron chi connectivity index (χ2n) is 5.12. The van der Waals surface area contributed by atoms with Crippen LogP contribution < -0.4 is 10.2 Å². The van der Waals surface area contributed by atoms with E-state index in [0.29, 0.717) is 6.04 Å². The molecule has 0 aromatic carbocycles. The molecule has 1 aliphatic rings. The molecule has 1 saturated heterocycles. The Kier molecular flexibility index (Phi) is 4.58. The highest BCUT2D eigenvalue weighted by Crippen LogP contribution is 2.26. The molecule has 0 bridgehead atoms. The molecule has 106 valence electrons. The Morgan fingerprint density at radius 3 is 2.79 bits per heavy atom. The molecule has 5 nitrogen and oxygen atoms in total. The van der Waals surface area contributed by atoms with Crippen molar-refractivity contribution < 1.29 is 4.74 Å². The number of nitrogens with zero attached hydrogens (tertiary/aromatic N) is 3. The van der Waals surface area contributed by atoms with E-state index in [4.69, 9.17) is 4.74 Å². The Bertz CT molecular complexity index is 430. The Labute approximate surface area is 115 Å². The summed E-state index contributed by atoms with van der Waals surface area (Å²) in [6.07, 6.45) is 2.15. The maximum Gasteiger partial charge on any atom is 0.137 e. The molecule has 1 aliphatic heterocycles. The first-order valence-electron chi connectivity index (χ1n) is 7.03. The first-order valence-corrected chi connectivity index (χ1v) is 7.03. The van der Waals surface area contributed by atoms with E-state index in [0.717, 1.165) is 55.6 Å². The number of likely N-dealkylation sites (N-methyl/N-ethyl adjacent to an activating group) is 1. The van der Waals surface area contributed by atoms with Gasteiger partial charge in [-0.25, -0.2) is 9.97 Å². The van der Waals surface area contributed by atoms with Gasteiger partial charge in [-0.15, -0.1) is 0 Å². The number of anilines is 2. The van der Waals surface area contributed by atoms with Gasteiger partial charge in [0.1, 0.15) is 17.5 Å². The van der Waals surface area contributed by atoms with E-state index in [1.54, 1.807) is 0 Å². The number of ether oxygens (including phenoxy) is 1. The molecule has 1 atom stereocenters. The molecule has 2 heterocycles. The van der Waals surface area contributed by atoms with Crippen LogP contribution in [-0.2, 0) is 4.74 Å². The molecule has 0 saturated carbocycles. The molecule has 19 heavy (non-hydrogen) atoms. The van der Waals surface area contributed by atoms with Crippen LogP contribution in [0.2, 0.25) is 0 Å². The number of hydrogen-bond acceptors (Lipinski definition) is 5. The number of hydrogen-bond donors (Lipinski definition) is 1. The summed E-state index contributed by atoms with van der Waals surface area (Å²) in [6, 6.07) is 0.423. The topological polar surface area (TPSA) is 50.3 Å². The molecule has 2 rings (SSSR count). The fourth-order valence-corrected chi connectivity index (χ4v) is 2.37. The highest BCUT2D eigenvalue weighted by atomic mass is 16.5. The molecular formula is C14H24N4O. The van der Waals surface area contributed by atoms with Gasteiger partial charge in [0.05, 0.1) is 12.6 Å². The minimum atomic E-state index is 0.423. The van der Waals surface area contributed by atoms with Crippen molar-refractivity contribution in [1.82, 2.24) is 9.97 Å². The van der Waals surface area contributed by atoms with Gasteiger partial charge in [0.2, 0.25) is 0 Å². The largest absolute Gasteiger partial charge is 0.379 e. The third-order valence-electron chi connectivity index (χ3n) is 3.56. The summed E-state index contributed by atoms with van der Waals surface area (Å²) in [6.45, 7) is 8.75. The molecule has 1 unspecified atom stereocenters. The van der Waals surface area contributed by atoms with Gasteiger partial charge in [-0.2, -0.15) is 0 Å². The molecule has 1 aromatic heterocycles. The van der Waals surface area contributed by atoms with Crippen LogP contribution in [-0.4, -0.2) is 42.8 Å². The van der Waals surface area contributed by atoms with Gasteiger partial charge in [0, 0.05) is 25.8 Å². The Morgan fingerprint density at radius 2 is 2.16 bits per heavy atom. The van der Waals surface area contributed by atoms with E-state index in [9.17, 15) is 0 Å². The van der Waals surface area contributed by atoms with E-state index in [1.807, 2.05) is 6.92 Å². The second kappa shape index (κ2) is 6.19. The van der Waals surface area contributed by atoms with Crippen molar-refractivity contribution in [2.45, 2.75) is 39.7 Å². The van der Waals surface area contributed by atoms with Crippen LogP contribution in [0.4, 0.5) is 11.6 Å². The lowest BCUT2D eigenvalue weighted by atomic mass is 10.2. The van der Waals surface area contributed by atoms with Crippen molar-refractivity contribution in [3.63, 3.8) is 0 Å². The highest BCUT2D eigenvalue weighted by molar-refractivity contribution is 5.58. The monoisotopic (exact) mass is 264 g/mol. The minimum Gasteiger partial charge on any atom is -0.379 e. The molecule has 0 aliphatic carbocycles. The molecule has 0 radical (unpaired) electrons. The third-order valence-corrected chi connectivity index (χ3v) is 3.56. The summed E-state index contributed by atoms with van der Waals surface area (Å²) < 4.78 is 5.46. The summed E-state index contributed by atoms with van der Waals surface area (Å²) in [5, 5.41) is 3.38. The van der Waals surface area contributed by atoms with Crippen LogP contribution in [0.25, 0.3) is 0 Å². The second-order valence-corrected chi connectivity index (χ2v) is 5.12. The highest BCUT2D eigenvalue weighted by Gasteiger charge is 2.23. The first-order chi connectivity index (χ1) is 9.13. The van der Waals surface area contributed by atoms with Gasteiger partial charge in [0.25, 0.3) is 0 Å². The maximum atomic E-state index is 5.46. The van der Waals surface area contributed by atoms with Crippen LogP contribution in [0.15, 0.2) is 0 Å². The van der Waals surface area contributed by atoms with Crippen molar-refractivity contribution in [2.24, 2.45) is 0 Å². The van der Waals surface area contributed by atoms with Crippen LogP contribution in [0.1, 0.15) is 31.2 Å². The summed E-state index contributed by atoms with van der Waals surface area (Å²) in [4.78, 5) is 11.3. The lowest BCUT2D eigenvalue weighted by Crippen LogP contribution is -2.33. The quantitative estimate of drug-likeness (QED) is 0.883. The average molecular weight is 264 g/mol. The molecule has 1 fully saturated rings. The Morgan fingerprint density at radius 1 is 1.37 bits per heavy atom. The maximum absolute atomic E-state index is 5.46. The molecule has 1 aromatic rings. The standard InChI is InChI=1S/C14H24N4O/c1-5-7-15-13-10(2)14(17-11(3)16-13)18(4)12-6-8-19-9-12/h12H,5-9H2,1-4H3,(H,15,16,17). The van der Waals surface area contributed by atoms with E-state index in [-0.39, 0.29) is 0 Å². The summed E-state index contributed by atoms with van der Waals surface area (Å²) in [5.41, 5.74) is 1.12. The van der Waals surface area contributed by atoms with E-state index in [2.05, 4.69) is 41.1 Å². The predicted octanol–water partition coefficient (Wildman–Crippen LogP) is 2.14. The van der Waals surface area contributed by atoms with Crippen molar-refractivity contribution in [2.75, 3.05) is 37.0 Å². The zero-order chi connectivity index (χ0) is 13.8. The van der Waals surface area contributed by atoms with Crippen molar-refractivity contribution in [3.05, 3.63) is 11.4 Å². The normalized spacial score (nSPS) is 18.6. The van der Waals surface area contributed by atoms with Crippen LogP contribution in [0, 0.1) is 13.8 Å². The van der Waals surface area contributed by atoms with E-state index >= 15 is 0 Å². The van der Waals surface area contributed by atoms with Crippen molar-refractivity contribution in [3.8, 4) is 0 Å². The molecule has 0 amide bonds. The molecule has 5 heteroatoms. The van der Waals surface area contributed by atoms with Crippen LogP contribution >= 0.6 is 0 Å². The molecule has 0 spiro atoms. The fourth-order valence-electron chi connectivity index (χ4n) is 2.37. The lowest BCUT2D eigenvalue weighted by Gasteiger charge is -2.26. The smallest absolute Gasteiger partial charge is 0.137 e. The van der Waals surface area contributed by atoms with Crippen LogP contribution in [0.3, 0.4) is 0 Å². The predicted molar refractivity (Wildman–Crippen MR) is 77.9 cm³/mol. The number of aryl methyl sites for hydroxylation is 1. The van der Waals surface area contributed by atoms with Crippen molar-refractivity contribution >= 4 is 11.6 Å². The molecule has 1 N–H and O–H groups in total. The Hall–Kier alpha value is -1.36. The molecular weight excluding hydrogens is 240 g/mol. The number of aromatic nitrogens is 2. The summed E-state index contributed by atoms with van der Waals surface area (Å²) in [7, 11) is 2.09. The van der Waals surface area contributed by atoms with Crippen LogP contribution in [0.5, 0.6) is 0 Å². The van der Waals surface area contributed by atoms with Gasteiger partial charge in [-0.05, 0) is 26.7 Å². The van der Waals surface area contributed by atoms with Gasteiger partial charge in [-0.1, -0.05) is 6.92 Å². The zero-order valence-corrected chi connectivity index (χ0v) is 12.4. The fraction of sp³-hybridized carbons (Fsp3) is 0.714. The van der Waals surface area contributed by atoms with Gasteiger partial charge >= 0.3 is 0 Å². The van der Waals surface area contributed by atoms with Gasteiger partial charge in [-0.3, -0.25) is 0 Å². The summed E-state index contributed by atoms with van der Waals surface area (Å²) in [5.74, 6) is 2.78. The van der Waals surface area contributed by atoms with E-state index in [1.165, 1.54) is 0 Å². The number of rotatable bonds is 5. The van der Waals surface area contributed by atoms with Gasteiger partial charge < -0.3 is 15.0 Å². The third kappa shape index (κ3) is 3.15. The minimum absolute atomic E-state index is 0.423. The lowest BCUT2D eigenvalue weighted by molar-refractivity contribution is 0.193. The number of nitrogens with one attached hydrogen (secondary N) is 1. The zero-order valence-electron chi connectivity index (χ0n) is 12.4. The van der Waals surface area contributed by atoms with Gasteiger partial charge in [0.15, 0.2) is 0 Å². The average Bonchev–Trinajstić information content (AvgIpc) is 2.92. The Balaban J connectivity index is 2.25. The SMILES string of the molecule is CCCNc1nc(C)nc(N(C)C2CCOC2)c1C. The summed E-state index contributed by atoms with van der Waals surface area (Å²) >= 11 is 0. The van der Waals surface area contributed by atoms with Crippen molar-refractivity contribution in [1.29, 1.82) is 0 Å². The first kappa shape index (κ1) is 14.1.